The van der Waals surface area contributed by atoms with E-state index >= 15 is 0 Å². The highest BCUT2D eigenvalue weighted by Gasteiger charge is 2.44. The number of carbonyl (C=O) groups excluding carboxylic acids is 1. The fourth-order valence-corrected chi connectivity index (χ4v) is 3.46. The lowest BCUT2D eigenvalue weighted by Crippen LogP contribution is -2.29. The minimum absolute atomic E-state index is 0.0294. The van der Waals surface area contributed by atoms with Crippen LogP contribution >= 0.6 is 0 Å². The van der Waals surface area contributed by atoms with Gasteiger partial charge in [0, 0.05) is 17.5 Å². The maximum absolute atomic E-state index is 12.6. The Kier molecular flexibility index (Phi) is 5.32. The van der Waals surface area contributed by atoms with Gasteiger partial charge >= 0.3 is 6.18 Å². The molecule has 0 spiro atoms. The van der Waals surface area contributed by atoms with Gasteiger partial charge in [0.15, 0.2) is 6.61 Å². The van der Waals surface area contributed by atoms with E-state index in [1.807, 2.05) is 30.3 Å². The van der Waals surface area contributed by atoms with Crippen LogP contribution in [0.1, 0.15) is 36.6 Å². The van der Waals surface area contributed by atoms with Crippen molar-refractivity contribution >= 4 is 16.8 Å². The number of ether oxygens (including phenoxy) is 1. The zero-order valence-electron chi connectivity index (χ0n) is 16.2. The molecular formula is C22H20F3N3O2. The van der Waals surface area contributed by atoms with Crippen LogP contribution in [0.2, 0.25) is 0 Å². The second-order valence-electron chi connectivity index (χ2n) is 7.46. The number of halogens is 3. The summed E-state index contributed by atoms with van der Waals surface area (Å²) in [4.78, 5) is 21.1. The molecule has 0 radical (unpaired) electrons. The zero-order valence-corrected chi connectivity index (χ0v) is 16.2. The molecule has 1 amide bonds. The summed E-state index contributed by atoms with van der Waals surface area (Å²) in [6.45, 7) is 0.418. The average Bonchev–Trinajstić information content (AvgIpc) is 3.53. The Bertz CT molecular complexity index is 1050. The maximum Gasteiger partial charge on any atom is 0.422 e. The van der Waals surface area contributed by atoms with Crippen molar-refractivity contribution in [2.45, 2.75) is 31.5 Å². The number of hydrogen-bond donors (Lipinski definition) is 1. The number of amides is 1. The van der Waals surface area contributed by atoms with Crippen LogP contribution in [-0.4, -0.2) is 28.7 Å². The number of fused-ring (bicyclic) bond motifs is 1. The van der Waals surface area contributed by atoms with Crippen molar-refractivity contribution in [1.82, 2.24) is 15.3 Å². The summed E-state index contributed by atoms with van der Waals surface area (Å²) in [5.74, 6) is 0.0207. The minimum atomic E-state index is -4.40. The zero-order chi connectivity index (χ0) is 21.3. The van der Waals surface area contributed by atoms with Crippen molar-refractivity contribution in [2.24, 2.45) is 5.92 Å². The molecule has 3 atom stereocenters. The van der Waals surface area contributed by atoms with E-state index in [-0.39, 0.29) is 29.5 Å². The maximum atomic E-state index is 12.6. The molecule has 5 nitrogen and oxygen atoms in total. The Balaban J connectivity index is 1.33. The lowest BCUT2D eigenvalue weighted by atomic mass is 10.1. The van der Waals surface area contributed by atoms with Crippen LogP contribution < -0.4 is 10.1 Å². The van der Waals surface area contributed by atoms with Gasteiger partial charge in [-0.05, 0) is 49.1 Å². The molecule has 8 heteroatoms. The summed E-state index contributed by atoms with van der Waals surface area (Å²) < 4.78 is 41.3. The van der Waals surface area contributed by atoms with Crippen molar-refractivity contribution in [1.29, 1.82) is 0 Å². The van der Waals surface area contributed by atoms with Gasteiger partial charge in [-0.25, -0.2) is 0 Å². The molecule has 2 heterocycles. The van der Waals surface area contributed by atoms with Gasteiger partial charge in [-0.3, -0.25) is 14.8 Å². The summed E-state index contributed by atoms with van der Waals surface area (Å²) >= 11 is 0. The summed E-state index contributed by atoms with van der Waals surface area (Å²) in [6, 6.07) is 12.6. The Morgan fingerprint density at radius 2 is 2.07 bits per heavy atom. The molecule has 1 saturated carbocycles. The quantitative estimate of drug-likeness (QED) is 0.642. The highest BCUT2D eigenvalue weighted by molar-refractivity contribution is 5.84. The number of rotatable bonds is 6. The van der Waals surface area contributed by atoms with Crippen molar-refractivity contribution < 1.29 is 22.7 Å². The predicted octanol–water partition coefficient (Wildman–Crippen LogP) is 4.55. The third-order valence-electron chi connectivity index (χ3n) is 5.15. The van der Waals surface area contributed by atoms with Crippen molar-refractivity contribution in [3.8, 4) is 5.75 Å². The molecule has 0 bridgehead atoms. The van der Waals surface area contributed by atoms with E-state index in [9.17, 15) is 18.0 Å². The molecule has 30 heavy (non-hydrogen) atoms. The Labute approximate surface area is 171 Å². The molecule has 1 aliphatic rings. The van der Waals surface area contributed by atoms with Gasteiger partial charge in [-0.2, -0.15) is 13.2 Å². The Morgan fingerprint density at radius 1 is 1.23 bits per heavy atom. The third kappa shape index (κ3) is 4.69. The van der Waals surface area contributed by atoms with Crippen LogP contribution in [0.15, 0.2) is 54.9 Å². The SMILES string of the molecule is C[C@@H](NC(=O)C1CC1c1ccc2cccnc2c1)c1ccc(OCC(F)(F)F)cn1. The van der Waals surface area contributed by atoms with Gasteiger partial charge in [-0.15, -0.1) is 0 Å². The van der Waals surface area contributed by atoms with Crippen molar-refractivity contribution in [3.63, 3.8) is 0 Å². The van der Waals surface area contributed by atoms with Crippen LogP contribution in [-0.2, 0) is 4.79 Å². The van der Waals surface area contributed by atoms with E-state index in [0.717, 1.165) is 22.9 Å². The summed E-state index contributed by atoms with van der Waals surface area (Å²) in [7, 11) is 0. The van der Waals surface area contributed by atoms with E-state index in [1.54, 1.807) is 19.2 Å². The number of carbonyl (C=O) groups is 1. The number of nitrogens with zero attached hydrogens (tertiary/aromatic N) is 2. The van der Waals surface area contributed by atoms with E-state index in [0.29, 0.717) is 5.69 Å². The largest absolute Gasteiger partial charge is 0.483 e. The molecule has 0 aliphatic heterocycles. The normalized spacial score (nSPS) is 19.3. The smallest absolute Gasteiger partial charge is 0.422 e. The fraction of sp³-hybridized carbons (Fsp3) is 0.318. The monoisotopic (exact) mass is 415 g/mol. The van der Waals surface area contributed by atoms with Gasteiger partial charge in [0.2, 0.25) is 5.91 Å². The molecule has 2 aromatic heterocycles. The number of nitrogens with one attached hydrogen (secondary N) is 1. The topological polar surface area (TPSA) is 64.1 Å². The average molecular weight is 415 g/mol. The number of benzene rings is 1. The van der Waals surface area contributed by atoms with Crippen molar-refractivity contribution in [3.05, 3.63) is 66.1 Å². The molecule has 1 N–H and O–H groups in total. The number of hydrogen-bond acceptors (Lipinski definition) is 4. The van der Waals surface area contributed by atoms with E-state index in [1.165, 1.54) is 12.3 Å². The molecule has 156 valence electrons. The van der Waals surface area contributed by atoms with Gasteiger partial charge in [0.05, 0.1) is 23.4 Å². The highest BCUT2D eigenvalue weighted by Crippen LogP contribution is 2.48. The molecule has 2 unspecified atom stereocenters. The van der Waals surface area contributed by atoms with E-state index in [4.69, 9.17) is 0 Å². The molecule has 4 rings (SSSR count). The summed E-state index contributed by atoms with van der Waals surface area (Å²) in [5, 5.41) is 3.99. The van der Waals surface area contributed by atoms with Gasteiger partial charge in [-0.1, -0.05) is 18.2 Å². The molecule has 1 fully saturated rings. The van der Waals surface area contributed by atoms with Gasteiger partial charge in [0.1, 0.15) is 5.75 Å². The third-order valence-corrected chi connectivity index (χ3v) is 5.15. The van der Waals surface area contributed by atoms with Crippen LogP contribution in [0.3, 0.4) is 0 Å². The first-order valence-electron chi connectivity index (χ1n) is 9.61. The van der Waals surface area contributed by atoms with E-state index < -0.39 is 12.8 Å². The van der Waals surface area contributed by atoms with Gasteiger partial charge in [0.25, 0.3) is 0 Å². The van der Waals surface area contributed by atoms with Crippen LogP contribution in [0, 0.1) is 5.92 Å². The lowest BCUT2D eigenvalue weighted by molar-refractivity contribution is -0.153. The van der Waals surface area contributed by atoms with E-state index in [2.05, 4.69) is 20.0 Å². The van der Waals surface area contributed by atoms with Crippen molar-refractivity contribution in [2.75, 3.05) is 6.61 Å². The van der Waals surface area contributed by atoms with Crippen LogP contribution in [0.4, 0.5) is 13.2 Å². The minimum Gasteiger partial charge on any atom is -0.483 e. The highest BCUT2D eigenvalue weighted by atomic mass is 19.4. The second kappa shape index (κ2) is 7.93. The summed E-state index contributed by atoms with van der Waals surface area (Å²) in [6.07, 6.45) is -0.653. The Morgan fingerprint density at radius 3 is 2.80 bits per heavy atom. The van der Waals surface area contributed by atoms with Crippen LogP contribution in [0.25, 0.3) is 10.9 Å². The molecule has 3 aromatic rings. The number of pyridine rings is 2. The second-order valence-corrected chi connectivity index (χ2v) is 7.46. The number of aromatic nitrogens is 2. The molecular weight excluding hydrogens is 395 g/mol. The van der Waals surface area contributed by atoms with Gasteiger partial charge < -0.3 is 10.1 Å². The first-order chi connectivity index (χ1) is 14.3. The molecule has 1 aliphatic carbocycles. The summed E-state index contributed by atoms with van der Waals surface area (Å²) in [5.41, 5.74) is 2.56. The standard InChI is InChI=1S/C22H20F3N3O2/c1-13(19-7-6-16(11-27-19)30-12-22(23,24)25)28-21(29)18-10-17(18)15-5-4-14-3-2-8-26-20(14)9-15/h2-9,11,13,17-18H,10,12H2,1H3,(H,28,29)/t13-,17?,18?/m1/s1. The lowest BCUT2D eigenvalue weighted by Gasteiger charge is -2.14. The van der Waals surface area contributed by atoms with Crippen LogP contribution in [0.5, 0.6) is 5.75 Å². The predicted molar refractivity (Wildman–Crippen MR) is 105 cm³/mol. The first kappa shape index (κ1) is 20.1. The fourth-order valence-electron chi connectivity index (χ4n) is 3.46. The first-order valence-corrected chi connectivity index (χ1v) is 9.61. The molecule has 1 aromatic carbocycles. The number of alkyl halides is 3. The molecule has 0 saturated heterocycles. The Hall–Kier alpha value is -3.16.